The minimum absolute atomic E-state index is 0.184. The van der Waals surface area contributed by atoms with E-state index in [9.17, 15) is 9.59 Å². The summed E-state index contributed by atoms with van der Waals surface area (Å²) in [4.78, 5) is 21.9. The number of carbonyl (C=O) groups is 2. The summed E-state index contributed by atoms with van der Waals surface area (Å²) in [6.45, 7) is 1.46. The fraction of sp³-hybridized carbons (Fsp3) is 0.545. The summed E-state index contributed by atoms with van der Waals surface area (Å²) < 4.78 is 4.35. The molecule has 0 unspecified atom stereocenters. The van der Waals surface area contributed by atoms with E-state index >= 15 is 0 Å². The Labute approximate surface area is 158 Å². The number of esters is 2. The van der Waals surface area contributed by atoms with Gasteiger partial charge in [-0.2, -0.15) is 0 Å². The molecular weight excluding hydrogens is 328 g/mol. The van der Waals surface area contributed by atoms with Crippen molar-refractivity contribution in [3.8, 4) is 0 Å². The van der Waals surface area contributed by atoms with Crippen LogP contribution in [0.2, 0.25) is 0 Å². The second-order valence-corrected chi connectivity index (χ2v) is 5.98. The Bertz CT molecular complexity index is 473. The summed E-state index contributed by atoms with van der Waals surface area (Å²) in [6.07, 6.45) is 26.7. The van der Waals surface area contributed by atoms with Crippen LogP contribution in [0.3, 0.4) is 0 Å². The molecule has 0 radical (unpaired) electrons. The average Bonchev–Trinajstić information content (AvgIpc) is 2.64. The largest absolute Gasteiger partial charge is 0.391 e. The lowest BCUT2D eigenvalue weighted by Crippen LogP contribution is -2.14. The predicted octanol–water partition coefficient (Wildman–Crippen LogP) is 5.19. The first-order valence-corrected chi connectivity index (χ1v) is 9.65. The Morgan fingerprint density at radius 2 is 1.23 bits per heavy atom. The number of ether oxygens (including phenoxy) is 1. The van der Waals surface area contributed by atoms with Crippen molar-refractivity contribution in [1.82, 2.24) is 0 Å². The molecule has 0 bridgehead atoms. The topological polar surface area (TPSA) is 63.6 Å². The summed E-state index contributed by atoms with van der Waals surface area (Å²) in [5, 5.41) is 8.45. The number of carbonyl (C=O) groups excluding carboxylic acids is 2. The molecule has 0 saturated heterocycles. The molecule has 1 N–H and O–H groups in total. The number of aliphatic hydroxyl groups excluding tert-OH is 1. The zero-order valence-electron chi connectivity index (χ0n) is 16.1. The predicted molar refractivity (Wildman–Crippen MR) is 107 cm³/mol. The molecular formula is C22H34O4. The van der Waals surface area contributed by atoms with Crippen LogP contribution < -0.4 is 0 Å². The highest BCUT2D eigenvalue weighted by Crippen LogP contribution is 2.02. The van der Waals surface area contributed by atoms with E-state index < -0.39 is 18.5 Å². The van der Waals surface area contributed by atoms with Gasteiger partial charge >= 0.3 is 11.9 Å². The normalized spacial score (nSPS) is 12.1. The maximum Gasteiger partial charge on any atom is 0.339 e. The number of unbranched alkanes of at least 4 members (excludes halogenated alkanes) is 4. The third-order valence-corrected chi connectivity index (χ3v) is 3.57. The van der Waals surface area contributed by atoms with E-state index in [2.05, 4.69) is 54.2 Å². The zero-order valence-corrected chi connectivity index (χ0v) is 16.1. The van der Waals surface area contributed by atoms with Crippen molar-refractivity contribution in [2.45, 2.75) is 71.1 Å². The lowest BCUT2D eigenvalue weighted by Gasteiger charge is -1.99. The van der Waals surface area contributed by atoms with E-state index in [4.69, 9.17) is 5.11 Å². The zero-order chi connectivity index (χ0) is 19.3. The Morgan fingerprint density at radius 1 is 0.731 bits per heavy atom. The van der Waals surface area contributed by atoms with Crippen LogP contribution in [-0.2, 0) is 14.3 Å². The first-order valence-electron chi connectivity index (χ1n) is 9.65. The number of aliphatic hydroxyl groups is 1. The minimum atomic E-state index is -0.896. The Hall–Kier alpha value is -1.94. The summed E-state index contributed by atoms with van der Waals surface area (Å²) in [5.74, 6) is -1.48. The molecule has 0 amide bonds. The van der Waals surface area contributed by atoms with Crippen LogP contribution in [0.15, 0.2) is 48.6 Å². The maximum absolute atomic E-state index is 11.2. The van der Waals surface area contributed by atoms with Crippen molar-refractivity contribution in [2.75, 3.05) is 6.61 Å². The molecule has 0 atom stereocenters. The second kappa shape index (κ2) is 19.4. The van der Waals surface area contributed by atoms with Crippen LogP contribution in [-0.4, -0.2) is 23.7 Å². The number of hydrogen-bond donors (Lipinski definition) is 1. The van der Waals surface area contributed by atoms with Gasteiger partial charge in [-0.15, -0.1) is 0 Å². The van der Waals surface area contributed by atoms with Crippen molar-refractivity contribution < 1.29 is 19.4 Å². The standard InChI is InChI=1S/C22H34O4/c1-2-3-4-5-6-7-8-9-10-11-12-13-14-15-16-17-18-19-21(24)26-22(25)20-23/h6-7,9-10,12-13,15-16,23H,2-5,8,11,14,17-20H2,1H3/b7-6-,10-9-,13-12-,16-15-. The minimum Gasteiger partial charge on any atom is -0.391 e. The first kappa shape index (κ1) is 24.1. The van der Waals surface area contributed by atoms with Gasteiger partial charge in [0, 0.05) is 6.42 Å². The van der Waals surface area contributed by atoms with Gasteiger partial charge in [-0.3, -0.25) is 4.79 Å². The molecule has 0 aliphatic rings. The molecule has 0 aromatic carbocycles. The van der Waals surface area contributed by atoms with Gasteiger partial charge in [-0.1, -0.05) is 68.4 Å². The molecule has 26 heavy (non-hydrogen) atoms. The van der Waals surface area contributed by atoms with E-state index in [1.165, 1.54) is 25.7 Å². The molecule has 0 saturated carbocycles. The van der Waals surface area contributed by atoms with Gasteiger partial charge in [0.1, 0.15) is 6.61 Å². The monoisotopic (exact) mass is 362 g/mol. The highest BCUT2D eigenvalue weighted by molar-refractivity contribution is 5.85. The maximum atomic E-state index is 11.2. The lowest BCUT2D eigenvalue weighted by molar-refractivity contribution is -0.161. The fourth-order valence-corrected chi connectivity index (χ4v) is 2.14. The summed E-state index contributed by atoms with van der Waals surface area (Å²) >= 11 is 0. The Balaban J connectivity index is 3.51. The highest BCUT2D eigenvalue weighted by Gasteiger charge is 2.07. The third kappa shape index (κ3) is 18.4. The molecule has 4 nitrogen and oxygen atoms in total. The van der Waals surface area contributed by atoms with Crippen LogP contribution in [0.1, 0.15) is 71.1 Å². The molecule has 0 spiro atoms. The van der Waals surface area contributed by atoms with Crippen molar-refractivity contribution in [1.29, 1.82) is 0 Å². The SMILES string of the molecule is CCCCC/C=C\C/C=C\C/C=C\C/C=C\CCCC(=O)OC(=O)CO. The summed E-state index contributed by atoms with van der Waals surface area (Å²) in [5.41, 5.74) is 0. The molecule has 0 aromatic heterocycles. The summed E-state index contributed by atoms with van der Waals surface area (Å²) in [7, 11) is 0. The van der Waals surface area contributed by atoms with Crippen molar-refractivity contribution >= 4 is 11.9 Å². The Morgan fingerprint density at radius 3 is 1.73 bits per heavy atom. The van der Waals surface area contributed by atoms with Gasteiger partial charge in [0.2, 0.25) is 0 Å². The van der Waals surface area contributed by atoms with Crippen molar-refractivity contribution in [2.24, 2.45) is 0 Å². The van der Waals surface area contributed by atoms with E-state index in [-0.39, 0.29) is 6.42 Å². The van der Waals surface area contributed by atoms with E-state index in [0.717, 1.165) is 25.7 Å². The molecule has 146 valence electrons. The average molecular weight is 363 g/mol. The van der Waals surface area contributed by atoms with Crippen molar-refractivity contribution in [3.63, 3.8) is 0 Å². The van der Waals surface area contributed by atoms with Gasteiger partial charge in [-0.25, -0.2) is 4.79 Å². The van der Waals surface area contributed by atoms with Crippen LogP contribution in [0.25, 0.3) is 0 Å². The molecule has 4 heteroatoms. The van der Waals surface area contributed by atoms with Crippen LogP contribution in [0, 0.1) is 0 Å². The first-order chi connectivity index (χ1) is 12.7. The number of rotatable bonds is 15. The Kier molecular flexibility index (Phi) is 17.9. The van der Waals surface area contributed by atoms with Gasteiger partial charge in [0.05, 0.1) is 0 Å². The van der Waals surface area contributed by atoms with Gasteiger partial charge in [-0.05, 0) is 44.9 Å². The van der Waals surface area contributed by atoms with E-state index in [0.29, 0.717) is 6.42 Å². The smallest absolute Gasteiger partial charge is 0.339 e. The number of allylic oxidation sites excluding steroid dienone is 8. The van der Waals surface area contributed by atoms with E-state index in [1.54, 1.807) is 0 Å². The quantitative estimate of drug-likeness (QED) is 0.188. The molecule has 0 rings (SSSR count). The molecule has 0 aliphatic carbocycles. The van der Waals surface area contributed by atoms with Crippen LogP contribution in [0.4, 0.5) is 0 Å². The van der Waals surface area contributed by atoms with Crippen molar-refractivity contribution in [3.05, 3.63) is 48.6 Å². The van der Waals surface area contributed by atoms with Crippen LogP contribution in [0.5, 0.6) is 0 Å². The van der Waals surface area contributed by atoms with Gasteiger partial charge < -0.3 is 9.84 Å². The third-order valence-electron chi connectivity index (χ3n) is 3.57. The molecule has 0 aliphatic heterocycles. The fourth-order valence-electron chi connectivity index (χ4n) is 2.14. The molecule has 0 fully saturated rings. The lowest BCUT2D eigenvalue weighted by atomic mass is 10.2. The van der Waals surface area contributed by atoms with Crippen LogP contribution >= 0.6 is 0 Å². The molecule has 0 aromatic rings. The van der Waals surface area contributed by atoms with Gasteiger partial charge in [0.25, 0.3) is 0 Å². The number of hydrogen-bond acceptors (Lipinski definition) is 4. The van der Waals surface area contributed by atoms with Gasteiger partial charge in [0.15, 0.2) is 0 Å². The summed E-state index contributed by atoms with van der Waals surface area (Å²) in [6, 6.07) is 0. The molecule has 0 heterocycles. The highest BCUT2D eigenvalue weighted by atomic mass is 16.6. The second-order valence-electron chi connectivity index (χ2n) is 5.98. The van der Waals surface area contributed by atoms with E-state index in [1.807, 2.05) is 6.08 Å².